The van der Waals surface area contributed by atoms with Gasteiger partial charge in [0.25, 0.3) is 0 Å². The average molecular weight is 310 g/mol. The molecule has 17 heavy (non-hydrogen) atoms. The molecule has 1 aromatic heterocycles. The molecule has 2 rings (SSSR count). The van der Waals surface area contributed by atoms with Crippen LogP contribution in [0.1, 0.15) is 25.7 Å². The fourth-order valence-corrected chi connectivity index (χ4v) is 3.40. The molecule has 0 aliphatic rings. The van der Waals surface area contributed by atoms with Gasteiger partial charge in [0.2, 0.25) is 5.78 Å². The van der Waals surface area contributed by atoms with E-state index in [1.165, 1.54) is 11.3 Å². The SMILES string of the molecule is Cc1ccc(N)c(C(=O)c2sc(C)cc2Br)c1. The summed E-state index contributed by atoms with van der Waals surface area (Å²) < 4.78 is 0.839. The van der Waals surface area contributed by atoms with Crippen LogP contribution in [0.25, 0.3) is 0 Å². The van der Waals surface area contributed by atoms with Crippen LogP contribution in [-0.4, -0.2) is 5.78 Å². The monoisotopic (exact) mass is 309 g/mol. The zero-order chi connectivity index (χ0) is 12.6. The van der Waals surface area contributed by atoms with E-state index in [0.717, 1.165) is 14.9 Å². The second-order valence-electron chi connectivity index (χ2n) is 3.95. The Morgan fingerprint density at radius 1 is 1.29 bits per heavy atom. The van der Waals surface area contributed by atoms with Crippen molar-refractivity contribution in [2.45, 2.75) is 13.8 Å². The summed E-state index contributed by atoms with van der Waals surface area (Å²) in [5, 5.41) is 0. The Morgan fingerprint density at radius 3 is 2.59 bits per heavy atom. The number of benzene rings is 1. The van der Waals surface area contributed by atoms with E-state index in [0.29, 0.717) is 16.1 Å². The van der Waals surface area contributed by atoms with Gasteiger partial charge in [0, 0.05) is 20.6 Å². The quantitative estimate of drug-likeness (QED) is 0.674. The van der Waals surface area contributed by atoms with Crippen molar-refractivity contribution in [3.63, 3.8) is 0 Å². The van der Waals surface area contributed by atoms with Crippen LogP contribution in [-0.2, 0) is 0 Å². The molecule has 2 aromatic rings. The summed E-state index contributed by atoms with van der Waals surface area (Å²) in [5.41, 5.74) is 7.99. The van der Waals surface area contributed by atoms with Gasteiger partial charge in [-0.05, 0) is 48.0 Å². The molecule has 1 heterocycles. The maximum Gasteiger partial charge on any atom is 0.206 e. The second kappa shape index (κ2) is 4.63. The lowest BCUT2D eigenvalue weighted by molar-refractivity contribution is 0.104. The van der Waals surface area contributed by atoms with E-state index in [-0.39, 0.29) is 5.78 Å². The Hall–Kier alpha value is -1.13. The lowest BCUT2D eigenvalue weighted by Crippen LogP contribution is -2.04. The lowest BCUT2D eigenvalue weighted by atomic mass is 10.0. The van der Waals surface area contributed by atoms with E-state index in [1.807, 2.05) is 32.0 Å². The molecule has 0 saturated heterocycles. The van der Waals surface area contributed by atoms with Crippen molar-refractivity contribution in [1.82, 2.24) is 0 Å². The predicted octanol–water partition coefficient (Wildman–Crippen LogP) is 3.94. The molecule has 0 bridgehead atoms. The first-order valence-electron chi connectivity index (χ1n) is 5.16. The summed E-state index contributed by atoms with van der Waals surface area (Å²) in [6.07, 6.45) is 0. The largest absolute Gasteiger partial charge is 0.398 e. The Balaban J connectivity index is 2.50. The molecular weight excluding hydrogens is 298 g/mol. The number of rotatable bonds is 2. The number of aryl methyl sites for hydroxylation is 2. The van der Waals surface area contributed by atoms with Gasteiger partial charge in [-0.1, -0.05) is 11.6 Å². The van der Waals surface area contributed by atoms with Crippen LogP contribution in [0.2, 0.25) is 0 Å². The van der Waals surface area contributed by atoms with Gasteiger partial charge < -0.3 is 5.73 Å². The maximum absolute atomic E-state index is 12.4. The van der Waals surface area contributed by atoms with Crippen LogP contribution >= 0.6 is 27.3 Å². The van der Waals surface area contributed by atoms with Crippen molar-refractivity contribution in [2.24, 2.45) is 0 Å². The minimum atomic E-state index is -0.0174. The summed E-state index contributed by atoms with van der Waals surface area (Å²) in [5.74, 6) is -0.0174. The highest BCUT2D eigenvalue weighted by atomic mass is 79.9. The molecule has 1 aromatic carbocycles. The summed E-state index contributed by atoms with van der Waals surface area (Å²) in [6.45, 7) is 3.93. The van der Waals surface area contributed by atoms with Gasteiger partial charge in [0.15, 0.2) is 0 Å². The summed E-state index contributed by atoms with van der Waals surface area (Å²) in [7, 11) is 0. The van der Waals surface area contributed by atoms with Crippen LogP contribution in [0.4, 0.5) is 5.69 Å². The highest BCUT2D eigenvalue weighted by Crippen LogP contribution is 2.30. The minimum Gasteiger partial charge on any atom is -0.398 e. The molecule has 0 amide bonds. The van der Waals surface area contributed by atoms with Gasteiger partial charge in [-0.2, -0.15) is 0 Å². The normalized spacial score (nSPS) is 10.5. The van der Waals surface area contributed by atoms with Crippen LogP contribution in [0, 0.1) is 13.8 Å². The predicted molar refractivity (Wildman–Crippen MR) is 75.8 cm³/mol. The average Bonchev–Trinajstić information content (AvgIpc) is 2.60. The fraction of sp³-hybridized carbons (Fsp3) is 0.154. The Bertz CT molecular complexity index is 589. The Morgan fingerprint density at radius 2 is 2.00 bits per heavy atom. The number of ketones is 1. The zero-order valence-corrected chi connectivity index (χ0v) is 12.0. The van der Waals surface area contributed by atoms with Crippen LogP contribution in [0.5, 0.6) is 0 Å². The van der Waals surface area contributed by atoms with Gasteiger partial charge in [-0.25, -0.2) is 0 Å². The molecule has 0 fully saturated rings. The van der Waals surface area contributed by atoms with E-state index >= 15 is 0 Å². The van der Waals surface area contributed by atoms with E-state index < -0.39 is 0 Å². The van der Waals surface area contributed by atoms with E-state index in [2.05, 4.69) is 15.9 Å². The molecule has 0 saturated carbocycles. The summed E-state index contributed by atoms with van der Waals surface area (Å²) in [4.78, 5) is 14.2. The number of nitrogens with two attached hydrogens (primary N) is 1. The third-order valence-electron chi connectivity index (χ3n) is 2.47. The standard InChI is InChI=1S/C13H12BrNOS/c1-7-3-4-11(15)9(5-7)12(16)13-10(14)6-8(2)17-13/h3-6H,15H2,1-2H3. The topological polar surface area (TPSA) is 43.1 Å². The van der Waals surface area contributed by atoms with Crippen LogP contribution in [0.15, 0.2) is 28.7 Å². The zero-order valence-electron chi connectivity index (χ0n) is 9.58. The van der Waals surface area contributed by atoms with Crippen molar-refractivity contribution in [3.8, 4) is 0 Å². The Kier molecular flexibility index (Phi) is 3.35. The van der Waals surface area contributed by atoms with Gasteiger partial charge in [0.05, 0.1) is 4.88 Å². The second-order valence-corrected chi connectivity index (χ2v) is 6.06. The maximum atomic E-state index is 12.4. The van der Waals surface area contributed by atoms with Gasteiger partial charge >= 0.3 is 0 Å². The van der Waals surface area contributed by atoms with Gasteiger partial charge in [-0.15, -0.1) is 11.3 Å². The molecule has 4 heteroatoms. The number of hydrogen-bond acceptors (Lipinski definition) is 3. The van der Waals surface area contributed by atoms with Crippen molar-refractivity contribution < 1.29 is 4.79 Å². The van der Waals surface area contributed by atoms with E-state index in [1.54, 1.807) is 6.07 Å². The lowest BCUT2D eigenvalue weighted by Gasteiger charge is -2.05. The number of thiophene rings is 1. The molecule has 2 nitrogen and oxygen atoms in total. The molecule has 0 atom stereocenters. The molecule has 0 unspecified atom stereocenters. The van der Waals surface area contributed by atoms with Crippen LogP contribution in [0.3, 0.4) is 0 Å². The first kappa shape index (κ1) is 12.3. The highest BCUT2D eigenvalue weighted by molar-refractivity contribution is 9.10. The number of carbonyl (C=O) groups excluding carboxylic acids is 1. The van der Waals surface area contributed by atoms with Crippen molar-refractivity contribution in [1.29, 1.82) is 0 Å². The molecule has 2 N–H and O–H groups in total. The molecule has 0 aliphatic carbocycles. The molecule has 0 radical (unpaired) electrons. The minimum absolute atomic E-state index is 0.0174. The van der Waals surface area contributed by atoms with Crippen LogP contribution < -0.4 is 5.73 Å². The van der Waals surface area contributed by atoms with Gasteiger partial charge in [0.1, 0.15) is 0 Å². The summed E-state index contributed by atoms with van der Waals surface area (Å²) in [6, 6.07) is 7.46. The number of anilines is 1. The van der Waals surface area contributed by atoms with Crippen molar-refractivity contribution >= 4 is 38.7 Å². The van der Waals surface area contributed by atoms with E-state index in [9.17, 15) is 4.79 Å². The molecule has 0 aliphatic heterocycles. The van der Waals surface area contributed by atoms with Crippen molar-refractivity contribution in [2.75, 3.05) is 5.73 Å². The Labute approximate surface area is 113 Å². The smallest absolute Gasteiger partial charge is 0.206 e. The third kappa shape index (κ3) is 2.42. The van der Waals surface area contributed by atoms with E-state index in [4.69, 9.17) is 5.73 Å². The molecule has 88 valence electrons. The fourth-order valence-electron chi connectivity index (χ4n) is 1.63. The number of halogens is 1. The third-order valence-corrected chi connectivity index (χ3v) is 4.41. The number of hydrogen-bond donors (Lipinski definition) is 1. The first-order chi connectivity index (χ1) is 7.99. The number of carbonyl (C=O) groups is 1. The highest BCUT2D eigenvalue weighted by Gasteiger charge is 2.17. The summed E-state index contributed by atoms with van der Waals surface area (Å²) >= 11 is 4.89. The molecule has 0 spiro atoms. The van der Waals surface area contributed by atoms with Gasteiger partial charge in [-0.3, -0.25) is 4.79 Å². The first-order valence-corrected chi connectivity index (χ1v) is 6.76. The number of nitrogen functional groups attached to an aromatic ring is 1. The molecular formula is C13H12BrNOS. The van der Waals surface area contributed by atoms with Crippen molar-refractivity contribution in [3.05, 3.63) is 49.6 Å².